The molecule has 1 aromatic heterocycles. The van der Waals surface area contributed by atoms with Gasteiger partial charge in [-0.3, -0.25) is 4.79 Å². The Balaban J connectivity index is 1.58. The van der Waals surface area contributed by atoms with Crippen LogP contribution in [0.5, 0.6) is 5.75 Å². The lowest BCUT2D eigenvalue weighted by molar-refractivity contribution is 0.0858. The maximum atomic E-state index is 12.7. The van der Waals surface area contributed by atoms with Crippen LogP contribution in [0.25, 0.3) is 22.8 Å². The molecule has 3 aromatic rings. The molecule has 0 aliphatic carbocycles. The predicted molar refractivity (Wildman–Crippen MR) is 103 cm³/mol. The molecule has 1 amide bonds. The van der Waals surface area contributed by atoms with Crippen molar-refractivity contribution < 1.29 is 18.8 Å². The van der Waals surface area contributed by atoms with Crippen molar-refractivity contribution in [2.45, 2.75) is 18.9 Å². The molecule has 4 rings (SSSR count). The average molecular weight is 379 g/mol. The molecule has 7 heteroatoms. The minimum Gasteiger partial charge on any atom is -0.496 e. The van der Waals surface area contributed by atoms with Crippen molar-refractivity contribution in [1.82, 2.24) is 15.5 Å². The summed E-state index contributed by atoms with van der Waals surface area (Å²) in [6.07, 6.45) is 2.08. The van der Waals surface area contributed by atoms with Crippen LogP contribution in [0.4, 0.5) is 0 Å². The first kappa shape index (κ1) is 18.2. The van der Waals surface area contributed by atoms with E-state index in [1.165, 1.54) is 0 Å². The lowest BCUT2D eigenvalue weighted by atomic mass is 10.1. The zero-order valence-electron chi connectivity index (χ0n) is 15.6. The van der Waals surface area contributed by atoms with Gasteiger partial charge in [0.05, 0.1) is 29.9 Å². The molecule has 2 heterocycles. The van der Waals surface area contributed by atoms with Crippen LogP contribution < -0.4 is 10.1 Å². The van der Waals surface area contributed by atoms with Crippen molar-refractivity contribution in [3.05, 3.63) is 54.1 Å². The van der Waals surface area contributed by atoms with E-state index >= 15 is 0 Å². The number of aromatic nitrogens is 2. The van der Waals surface area contributed by atoms with Gasteiger partial charge in [0.15, 0.2) is 0 Å². The standard InChI is InChI=1S/C21H21N3O4/c1-26-18-11-5-4-10-17(18)19-23-21(28-24-19)16-9-3-2-8-15(16)20(25)22-13-14-7-6-12-27-14/h2-5,8-11,14H,6-7,12-13H2,1H3,(H,22,25). The van der Waals surface area contributed by atoms with Crippen LogP contribution in [0.2, 0.25) is 0 Å². The molecule has 1 unspecified atom stereocenters. The third-order valence-corrected chi connectivity index (χ3v) is 4.69. The highest BCUT2D eigenvalue weighted by molar-refractivity contribution is 6.00. The molecule has 0 radical (unpaired) electrons. The fourth-order valence-electron chi connectivity index (χ4n) is 3.25. The maximum Gasteiger partial charge on any atom is 0.259 e. The number of nitrogens with zero attached hydrogens (tertiary/aromatic N) is 2. The van der Waals surface area contributed by atoms with Crippen LogP contribution in [0.1, 0.15) is 23.2 Å². The molecule has 1 saturated heterocycles. The normalized spacial score (nSPS) is 16.1. The van der Waals surface area contributed by atoms with E-state index in [1.54, 1.807) is 19.2 Å². The Hall–Kier alpha value is -3.19. The second-order valence-corrected chi connectivity index (χ2v) is 6.51. The highest BCUT2D eigenvalue weighted by Crippen LogP contribution is 2.30. The van der Waals surface area contributed by atoms with Crippen molar-refractivity contribution in [2.24, 2.45) is 0 Å². The molecule has 28 heavy (non-hydrogen) atoms. The first-order valence-corrected chi connectivity index (χ1v) is 9.22. The Morgan fingerprint density at radius 2 is 1.96 bits per heavy atom. The second-order valence-electron chi connectivity index (χ2n) is 6.51. The molecule has 7 nitrogen and oxygen atoms in total. The van der Waals surface area contributed by atoms with Crippen molar-refractivity contribution in [1.29, 1.82) is 0 Å². The number of para-hydroxylation sites is 1. The molecular weight excluding hydrogens is 358 g/mol. The Morgan fingerprint density at radius 1 is 1.18 bits per heavy atom. The van der Waals surface area contributed by atoms with Gasteiger partial charge in [-0.25, -0.2) is 0 Å². The highest BCUT2D eigenvalue weighted by Gasteiger charge is 2.21. The minimum atomic E-state index is -0.192. The molecule has 0 saturated carbocycles. The average Bonchev–Trinajstić information content (AvgIpc) is 3.44. The molecule has 0 spiro atoms. The Labute approximate surface area is 162 Å². The number of nitrogens with one attached hydrogen (secondary N) is 1. The molecule has 1 N–H and O–H groups in total. The Kier molecular flexibility index (Phi) is 5.34. The minimum absolute atomic E-state index is 0.0802. The number of hydrogen-bond acceptors (Lipinski definition) is 6. The van der Waals surface area contributed by atoms with Crippen LogP contribution in [-0.4, -0.2) is 42.4 Å². The molecular formula is C21H21N3O4. The summed E-state index contributed by atoms with van der Waals surface area (Å²) in [6, 6.07) is 14.6. The van der Waals surface area contributed by atoms with E-state index in [2.05, 4.69) is 15.5 Å². The summed E-state index contributed by atoms with van der Waals surface area (Å²) in [6.45, 7) is 1.24. The van der Waals surface area contributed by atoms with E-state index in [-0.39, 0.29) is 17.9 Å². The smallest absolute Gasteiger partial charge is 0.259 e. The first-order chi connectivity index (χ1) is 13.8. The quantitative estimate of drug-likeness (QED) is 0.707. The number of rotatable bonds is 6. The number of hydrogen-bond donors (Lipinski definition) is 1. The van der Waals surface area contributed by atoms with Crippen LogP contribution >= 0.6 is 0 Å². The van der Waals surface area contributed by atoms with Crippen molar-refractivity contribution in [2.75, 3.05) is 20.3 Å². The van der Waals surface area contributed by atoms with Crippen molar-refractivity contribution in [3.63, 3.8) is 0 Å². The number of carbonyl (C=O) groups is 1. The molecule has 1 aliphatic heterocycles. The van der Waals surface area contributed by atoms with Gasteiger partial charge in [-0.2, -0.15) is 4.98 Å². The predicted octanol–water partition coefficient (Wildman–Crippen LogP) is 3.32. The second kappa shape index (κ2) is 8.22. The Morgan fingerprint density at radius 3 is 2.75 bits per heavy atom. The zero-order chi connectivity index (χ0) is 19.3. The molecule has 144 valence electrons. The topological polar surface area (TPSA) is 86.5 Å². The lowest BCUT2D eigenvalue weighted by Crippen LogP contribution is -2.32. The number of benzene rings is 2. The fraction of sp³-hybridized carbons (Fsp3) is 0.286. The molecule has 2 aromatic carbocycles. The van der Waals surface area contributed by atoms with Gasteiger partial charge in [0.2, 0.25) is 5.82 Å². The third kappa shape index (κ3) is 3.75. The van der Waals surface area contributed by atoms with Crippen molar-refractivity contribution in [3.8, 4) is 28.6 Å². The third-order valence-electron chi connectivity index (χ3n) is 4.69. The summed E-state index contributed by atoms with van der Waals surface area (Å²) in [7, 11) is 1.59. The van der Waals surface area contributed by atoms with Crippen molar-refractivity contribution >= 4 is 5.91 Å². The van der Waals surface area contributed by atoms with E-state index in [0.29, 0.717) is 29.2 Å². The molecule has 1 fully saturated rings. The summed E-state index contributed by atoms with van der Waals surface area (Å²) in [5.74, 6) is 1.14. The largest absolute Gasteiger partial charge is 0.496 e. The Bertz CT molecular complexity index is 964. The zero-order valence-corrected chi connectivity index (χ0v) is 15.6. The van der Waals surface area contributed by atoms with Gasteiger partial charge in [-0.05, 0) is 37.1 Å². The van der Waals surface area contributed by atoms with Crippen LogP contribution in [0.15, 0.2) is 53.1 Å². The number of carbonyl (C=O) groups excluding carboxylic acids is 1. The number of amides is 1. The molecule has 1 atom stereocenters. The highest BCUT2D eigenvalue weighted by atomic mass is 16.5. The van der Waals surface area contributed by atoms with E-state index in [0.717, 1.165) is 25.0 Å². The fourth-order valence-corrected chi connectivity index (χ4v) is 3.25. The summed E-state index contributed by atoms with van der Waals surface area (Å²) >= 11 is 0. The summed E-state index contributed by atoms with van der Waals surface area (Å²) in [5, 5.41) is 7.00. The number of methoxy groups -OCH3 is 1. The summed E-state index contributed by atoms with van der Waals surface area (Å²) in [5.41, 5.74) is 1.79. The van der Waals surface area contributed by atoms with E-state index < -0.39 is 0 Å². The molecule has 1 aliphatic rings. The summed E-state index contributed by atoms with van der Waals surface area (Å²) < 4.78 is 16.4. The van der Waals surface area contributed by atoms with Gasteiger partial charge < -0.3 is 19.3 Å². The van der Waals surface area contributed by atoms with E-state index in [9.17, 15) is 4.79 Å². The van der Waals surface area contributed by atoms with Crippen LogP contribution in [0, 0.1) is 0 Å². The van der Waals surface area contributed by atoms with Gasteiger partial charge in [0.25, 0.3) is 11.8 Å². The monoisotopic (exact) mass is 379 g/mol. The van der Waals surface area contributed by atoms with Gasteiger partial charge in [-0.1, -0.05) is 29.4 Å². The summed E-state index contributed by atoms with van der Waals surface area (Å²) in [4.78, 5) is 17.2. The lowest BCUT2D eigenvalue weighted by Gasteiger charge is -2.12. The first-order valence-electron chi connectivity index (χ1n) is 9.22. The van der Waals surface area contributed by atoms with Gasteiger partial charge >= 0.3 is 0 Å². The number of ether oxygens (including phenoxy) is 2. The van der Waals surface area contributed by atoms with Crippen LogP contribution in [-0.2, 0) is 4.74 Å². The van der Waals surface area contributed by atoms with Gasteiger partial charge in [0.1, 0.15) is 5.75 Å². The SMILES string of the molecule is COc1ccccc1-c1noc(-c2ccccc2C(=O)NCC2CCCO2)n1. The van der Waals surface area contributed by atoms with Gasteiger partial charge in [0, 0.05) is 13.2 Å². The van der Waals surface area contributed by atoms with Gasteiger partial charge in [-0.15, -0.1) is 0 Å². The van der Waals surface area contributed by atoms with E-state index in [4.69, 9.17) is 14.0 Å². The molecule has 0 bridgehead atoms. The van der Waals surface area contributed by atoms with E-state index in [1.807, 2.05) is 36.4 Å². The van der Waals surface area contributed by atoms with Crippen LogP contribution in [0.3, 0.4) is 0 Å². The maximum absolute atomic E-state index is 12.7.